The van der Waals surface area contributed by atoms with E-state index in [-0.39, 0.29) is 11.4 Å². The van der Waals surface area contributed by atoms with Crippen molar-refractivity contribution in [2.45, 2.75) is 13.3 Å². The van der Waals surface area contributed by atoms with Crippen LogP contribution >= 0.6 is 11.6 Å². The van der Waals surface area contributed by atoms with Gasteiger partial charge in [-0.25, -0.2) is 13.8 Å². The molecule has 3 nitrogen and oxygen atoms in total. The first-order chi connectivity index (χ1) is 6.43. The van der Waals surface area contributed by atoms with E-state index in [1.807, 2.05) is 0 Å². The third-order valence-electron chi connectivity index (χ3n) is 1.67. The molecule has 0 radical (unpaired) electrons. The fraction of sp³-hybridized carbons (Fsp3) is 0.250. The van der Waals surface area contributed by atoms with Crippen LogP contribution in [0.5, 0.6) is 0 Å². The van der Waals surface area contributed by atoms with E-state index in [0.29, 0.717) is 5.56 Å². The Morgan fingerprint density at radius 3 is 2.64 bits per heavy atom. The van der Waals surface area contributed by atoms with Gasteiger partial charge in [-0.1, -0.05) is 0 Å². The van der Waals surface area contributed by atoms with Crippen molar-refractivity contribution >= 4 is 22.7 Å². The molecule has 0 aliphatic carbocycles. The van der Waals surface area contributed by atoms with Gasteiger partial charge in [0.05, 0.1) is 5.56 Å². The molecular formula is C8H7ClF2N2O. The zero-order valence-electron chi connectivity index (χ0n) is 7.22. The molecule has 0 bridgehead atoms. The SMILES string of the molecule is Cc1cc(N)nc(C(F)F)c1C(=O)Cl. The number of hydrogen-bond acceptors (Lipinski definition) is 3. The van der Waals surface area contributed by atoms with Gasteiger partial charge < -0.3 is 5.73 Å². The molecule has 76 valence electrons. The number of carbonyl (C=O) groups is 1. The van der Waals surface area contributed by atoms with E-state index in [0.717, 1.165) is 0 Å². The molecule has 0 aromatic carbocycles. The van der Waals surface area contributed by atoms with Crippen LogP contribution in [0.1, 0.15) is 28.0 Å². The van der Waals surface area contributed by atoms with Crippen molar-refractivity contribution in [2.24, 2.45) is 0 Å². The smallest absolute Gasteiger partial charge is 0.281 e. The van der Waals surface area contributed by atoms with Crippen LogP contribution in [0.4, 0.5) is 14.6 Å². The Morgan fingerprint density at radius 2 is 2.21 bits per heavy atom. The summed E-state index contributed by atoms with van der Waals surface area (Å²) in [7, 11) is 0. The molecule has 0 unspecified atom stereocenters. The van der Waals surface area contributed by atoms with E-state index < -0.39 is 17.4 Å². The number of pyridine rings is 1. The number of aromatic nitrogens is 1. The second-order valence-electron chi connectivity index (χ2n) is 2.70. The molecular weight excluding hydrogens is 214 g/mol. The fourth-order valence-electron chi connectivity index (χ4n) is 1.14. The van der Waals surface area contributed by atoms with Crippen molar-refractivity contribution in [1.82, 2.24) is 4.98 Å². The minimum absolute atomic E-state index is 0.0560. The first-order valence-electron chi connectivity index (χ1n) is 3.68. The van der Waals surface area contributed by atoms with E-state index >= 15 is 0 Å². The maximum absolute atomic E-state index is 12.4. The Labute approximate surface area is 83.9 Å². The zero-order valence-corrected chi connectivity index (χ0v) is 7.98. The van der Waals surface area contributed by atoms with Gasteiger partial charge in [0.1, 0.15) is 11.5 Å². The van der Waals surface area contributed by atoms with Crippen LogP contribution in [0.25, 0.3) is 0 Å². The number of nitrogens with two attached hydrogens (primary N) is 1. The quantitative estimate of drug-likeness (QED) is 0.778. The van der Waals surface area contributed by atoms with Gasteiger partial charge >= 0.3 is 0 Å². The van der Waals surface area contributed by atoms with Crippen LogP contribution in [-0.4, -0.2) is 10.2 Å². The highest BCUT2D eigenvalue weighted by molar-refractivity contribution is 6.68. The van der Waals surface area contributed by atoms with Crippen molar-refractivity contribution in [3.05, 3.63) is 22.9 Å². The maximum atomic E-state index is 12.4. The minimum atomic E-state index is -2.87. The lowest BCUT2D eigenvalue weighted by atomic mass is 10.1. The normalized spacial score (nSPS) is 10.6. The maximum Gasteiger partial charge on any atom is 0.281 e. The van der Waals surface area contributed by atoms with Crippen LogP contribution in [0.2, 0.25) is 0 Å². The molecule has 1 aromatic heterocycles. The van der Waals surface area contributed by atoms with Crippen molar-refractivity contribution in [3.8, 4) is 0 Å². The lowest BCUT2D eigenvalue weighted by Crippen LogP contribution is -2.07. The molecule has 0 aliphatic rings. The summed E-state index contributed by atoms with van der Waals surface area (Å²) in [6, 6.07) is 1.32. The Bertz CT molecular complexity index is 382. The van der Waals surface area contributed by atoms with Crippen LogP contribution < -0.4 is 5.73 Å². The summed E-state index contributed by atoms with van der Waals surface area (Å²) in [5.41, 5.74) is 4.63. The average molecular weight is 221 g/mol. The number of alkyl halides is 2. The third kappa shape index (κ3) is 1.98. The number of halogens is 3. The summed E-state index contributed by atoms with van der Waals surface area (Å²) in [6.07, 6.45) is -2.87. The second kappa shape index (κ2) is 3.88. The average Bonchev–Trinajstić information content (AvgIpc) is 2.01. The number of carbonyl (C=O) groups excluding carboxylic acids is 1. The Balaban J connectivity index is 3.44. The number of hydrogen-bond donors (Lipinski definition) is 1. The standard InChI is InChI=1S/C8H7ClF2N2O/c1-3-2-4(12)13-6(8(10)11)5(3)7(9)14/h2,8H,1H3,(H2,12,13). The highest BCUT2D eigenvalue weighted by atomic mass is 35.5. The number of nitrogens with zero attached hydrogens (tertiary/aromatic N) is 1. The van der Waals surface area contributed by atoms with Gasteiger partial charge in [0.15, 0.2) is 0 Å². The molecule has 0 amide bonds. The molecule has 1 rings (SSSR count). The van der Waals surface area contributed by atoms with E-state index in [2.05, 4.69) is 4.98 Å². The van der Waals surface area contributed by atoms with Crippen LogP contribution in [0, 0.1) is 6.92 Å². The van der Waals surface area contributed by atoms with Crippen molar-refractivity contribution in [2.75, 3.05) is 5.73 Å². The van der Waals surface area contributed by atoms with E-state index in [1.165, 1.54) is 13.0 Å². The summed E-state index contributed by atoms with van der Waals surface area (Å²) in [5.74, 6) is -0.0560. The predicted octanol–water partition coefficient (Wildman–Crippen LogP) is 2.29. The van der Waals surface area contributed by atoms with Crippen LogP contribution in [0.15, 0.2) is 6.07 Å². The molecule has 6 heteroatoms. The molecule has 0 saturated carbocycles. The Morgan fingerprint density at radius 1 is 1.64 bits per heavy atom. The van der Waals surface area contributed by atoms with Gasteiger partial charge in [-0.05, 0) is 30.2 Å². The predicted molar refractivity (Wildman–Crippen MR) is 48.5 cm³/mol. The van der Waals surface area contributed by atoms with E-state index in [1.54, 1.807) is 0 Å². The van der Waals surface area contributed by atoms with E-state index in [4.69, 9.17) is 17.3 Å². The zero-order chi connectivity index (χ0) is 10.9. The molecule has 2 N–H and O–H groups in total. The third-order valence-corrected chi connectivity index (χ3v) is 1.86. The molecule has 1 heterocycles. The fourth-order valence-corrected chi connectivity index (χ4v) is 1.38. The molecule has 0 spiro atoms. The minimum Gasteiger partial charge on any atom is -0.384 e. The van der Waals surface area contributed by atoms with Gasteiger partial charge in [0.25, 0.3) is 11.7 Å². The molecule has 0 fully saturated rings. The highest BCUT2D eigenvalue weighted by Gasteiger charge is 2.21. The molecule has 1 aromatic rings. The second-order valence-corrected chi connectivity index (χ2v) is 3.04. The first-order valence-corrected chi connectivity index (χ1v) is 4.06. The number of anilines is 1. The van der Waals surface area contributed by atoms with Crippen molar-refractivity contribution in [1.29, 1.82) is 0 Å². The summed E-state index contributed by atoms with van der Waals surface area (Å²) in [5, 5.41) is -0.953. The van der Waals surface area contributed by atoms with Crippen molar-refractivity contribution in [3.63, 3.8) is 0 Å². The lowest BCUT2D eigenvalue weighted by Gasteiger charge is -2.08. The Kier molecular flexibility index (Phi) is 3.00. The number of rotatable bonds is 2. The summed E-state index contributed by atoms with van der Waals surface area (Å²) in [6.45, 7) is 1.47. The largest absolute Gasteiger partial charge is 0.384 e. The van der Waals surface area contributed by atoms with Crippen LogP contribution in [0.3, 0.4) is 0 Å². The van der Waals surface area contributed by atoms with E-state index in [9.17, 15) is 13.6 Å². The summed E-state index contributed by atoms with van der Waals surface area (Å²) >= 11 is 5.16. The summed E-state index contributed by atoms with van der Waals surface area (Å²) in [4.78, 5) is 14.2. The van der Waals surface area contributed by atoms with Gasteiger partial charge in [-0.15, -0.1) is 0 Å². The van der Waals surface area contributed by atoms with Gasteiger partial charge in [0.2, 0.25) is 0 Å². The van der Waals surface area contributed by atoms with Crippen molar-refractivity contribution < 1.29 is 13.6 Å². The molecule has 14 heavy (non-hydrogen) atoms. The van der Waals surface area contributed by atoms with Crippen LogP contribution in [-0.2, 0) is 0 Å². The number of nitrogen functional groups attached to an aromatic ring is 1. The Hall–Kier alpha value is -1.23. The topological polar surface area (TPSA) is 56.0 Å². The molecule has 0 aliphatic heterocycles. The van der Waals surface area contributed by atoms with Gasteiger partial charge in [-0.2, -0.15) is 0 Å². The number of aryl methyl sites for hydroxylation is 1. The lowest BCUT2D eigenvalue weighted by molar-refractivity contribution is 0.106. The monoisotopic (exact) mass is 220 g/mol. The van der Waals surface area contributed by atoms with Gasteiger partial charge in [0, 0.05) is 0 Å². The molecule has 0 saturated heterocycles. The molecule has 0 atom stereocenters. The van der Waals surface area contributed by atoms with Gasteiger partial charge in [-0.3, -0.25) is 4.79 Å². The summed E-state index contributed by atoms with van der Waals surface area (Å²) < 4.78 is 24.8. The first kappa shape index (κ1) is 10.8. The highest BCUT2D eigenvalue weighted by Crippen LogP contribution is 2.26.